The van der Waals surface area contributed by atoms with E-state index >= 15 is 0 Å². The molecule has 0 radical (unpaired) electrons. The van der Waals surface area contributed by atoms with Crippen LogP contribution in [0.4, 0.5) is 42.4 Å². The Morgan fingerprint density at radius 1 is 0.714 bits per heavy atom. The SMILES string of the molecule is C=CC(=O)Nc1cccc(Nc2nc(Nc3ccc(OCCOCCNC(=O)CCCC(=O)NCCCOCCOCCOCCCNC(=O)CCCC4SCC5NC(=O)NC54)c(F)c3)ncc2F)c1. The summed E-state index contributed by atoms with van der Waals surface area (Å²) in [4.78, 5) is 67.6. The molecule has 0 spiro atoms. The van der Waals surface area contributed by atoms with Crippen molar-refractivity contribution in [2.75, 3.05) is 101 Å². The summed E-state index contributed by atoms with van der Waals surface area (Å²) in [5.74, 6) is -1.34. The zero-order valence-corrected chi connectivity index (χ0v) is 39.9. The summed E-state index contributed by atoms with van der Waals surface area (Å²) in [5.41, 5.74) is 1.20. The minimum absolute atomic E-state index is 0.000931. The van der Waals surface area contributed by atoms with Crippen LogP contribution in [0, 0.1) is 11.6 Å². The van der Waals surface area contributed by atoms with E-state index in [0.717, 1.165) is 30.9 Å². The first-order valence-corrected chi connectivity index (χ1v) is 24.4. The number of hydrogen-bond acceptors (Lipinski definition) is 15. The third-order valence-corrected chi connectivity index (χ3v) is 12.0. The molecule has 2 aliphatic heterocycles. The molecule has 6 amide bonds. The molecule has 70 heavy (non-hydrogen) atoms. The number of fused-ring (bicyclic) bond motifs is 1. The molecule has 3 heterocycles. The lowest BCUT2D eigenvalue weighted by atomic mass is 10.0. The number of benzene rings is 2. The first kappa shape index (κ1) is 54.8. The van der Waals surface area contributed by atoms with Gasteiger partial charge in [0, 0.05) is 86.2 Å². The molecule has 2 aliphatic rings. The lowest BCUT2D eigenvalue weighted by Gasteiger charge is -2.16. The molecule has 382 valence electrons. The number of hydrogen-bond donors (Lipinski definition) is 8. The zero-order valence-electron chi connectivity index (χ0n) is 39.1. The number of carbonyl (C=O) groups excluding carboxylic acids is 5. The van der Waals surface area contributed by atoms with Gasteiger partial charge in [0.25, 0.3) is 0 Å². The van der Waals surface area contributed by atoms with E-state index in [0.29, 0.717) is 95.0 Å². The Balaban J connectivity index is 0.769. The van der Waals surface area contributed by atoms with Crippen molar-refractivity contribution in [3.8, 4) is 5.75 Å². The lowest BCUT2D eigenvalue weighted by molar-refractivity contribution is -0.123. The standard InChI is InChI=1S/C47H64F2N10O10S/c1-2-40(60)54-32-8-3-9-33(28-32)55-45-36(49)30-53-46(59-45)56-34-14-15-38(35(48)29-34)69-27-26-67-21-18-52-43(63)13-5-12-42(62)51-17-7-20-66-23-25-68-24-22-65-19-6-16-50-41(61)11-4-10-39-44-37(31-70-39)57-47(64)58-44/h2-3,8-9,14-15,28-30,37,39,44H,1,4-7,10-13,16-27,31H2,(H,50,61)(H,51,62)(H,52,63)(H,54,60)(H2,57,58,64)(H2,53,55,56,59). The molecule has 1 aromatic heterocycles. The molecule has 2 saturated heterocycles. The summed E-state index contributed by atoms with van der Waals surface area (Å²) in [6.07, 6.45) is 6.42. The molecule has 3 unspecified atom stereocenters. The fourth-order valence-corrected chi connectivity index (χ4v) is 8.59. The first-order chi connectivity index (χ1) is 34.1. The molecule has 0 saturated carbocycles. The quantitative estimate of drug-likeness (QED) is 0.0230. The van der Waals surface area contributed by atoms with Crippen molar-refractivity contribution in [3.63, 3.8) is 0 Å². The van der Waals surface area contributed by atoms with Gasteiger partial charge in [0.2, 0.25) is 29.6 Å². The number of ether oxygens (including phenoxy) is 5. The molecule has 23 heteroatoms. The van der Waals surface area contributed by atoms with E-state index < -0.39 is 17.5 Å². The van der Waals surface area contributed by atoms with Gasteiger partial charge in [-0.3, -0.25) is 19.2 Å². The monoisotopic (exact) mass is 998 g/mol. The number of amides is 6. The maximum Gasteiger partial charge on any atom is 0.315 e. The number of thioether (sulfide) groups is 1. The highest BCUT2D eigenvalue weighted by molar-refractivity contribution is 8.00. The van der Waals surface area contributed by atoms with E-state index in [-0.39, 0.29) is 98.2 Å². The fourth-order valence-electron chi connectivity index (χ4n) is 7.05. The highest BCUT2D eigenvalue weighted by atomic mass is 32.2. The summed E-state index contributed by atoms with van der Waals surface area (Å²) < 4.78 is 56.9. The summed E-state index contributed by atoms with van der Waals surface area (Å²) in [5, 5.41) is 23.0. The summed E-state index contributed by atoms with van der Waals surface area (Å²) in [6, 6.07) is 11.0. The molecule has 0 bridgehead atoms. The average molecular weight is 999 g/mol. The Morgan fingerprint density at radius 2 is 1.34 bits per heavy atom. The van der Waals surface area contributed by atoms with Crippen LogP contribution in [0.5, 0.6) is 5.75 Å². The number of anilines is 5. The van der Waals surface area contributed by atoms with Gasteiger partial charge in [-0.05, 0) is 68.5 Å². The zero-order chi connectivity index (χ0) is 49.8. The molecular formula is C47H64F2N10O10S. The van der Waals surface area contributed by atoms with Crippen LogP contribution in [0.2, 0.25) is 0 Å². The second-order valence-electron chi connectivity index (χ2n) is 16.0. The smallest absolute Gasteiger partial charge is 0.315 e. The van der Waals surface area contributed by atoms with Gasteiger partial charge >= 0.3 is 6.03 Å². The number of rotatable bonds is 35. The summed E-state index contributed by atoms with van der Waals surface area (Å²) in [7, 11) is 0. The van der Waals surface area contributed by atoms with Crippen LogP contribution in [-0.2, 0) is 38.1 Å². The van der Waals surface area contributed by atoms with Crippen LogP contribution in [0.3, 0.4) is 0 Å². The number of carbonyl (C=O) groups is 5. The Bertz CT molecular complexity index is 2160. The maximum absolute atomic E-state index is 14.8. The molecule has 20 nitrogen and oxygen atoms in total. The predicted molar refractivity (Wildman–Crippen MR) is 260 cm³/mol. The van der Waals surface area contributed by atoms with E-state index in [1.165, 1.54) is 12.1 Å². The van der Waals surface area contributed by atoms with E-state index in [1.54, 1.807) is 30.3 Å². The van der Waals surface area contributed by atoms with Gasteiger partial charge in [-0.1, -0.05) is 12.6 Å². The predicted octanol–water partition coefficient (Wildman–Crippen LogP) is 4.45. The molecule has 3 aromatic rings. The van der Waals surface area contributed by atoms with Crippen molar-refractivity contribution < 1.29 is 56.4 Å². The Kier molecular flexibility index (Phi) is 24.4. The summed E-state index contributed by atoms with van der Waals surface area (Å²) in [6.45, 7) is 7.83. The second-order valence-corrected chi connectivity index (χ2v) is 17.3. The number of nitrogens with zero attached hydrogens (tertiary/aromatic N) is 2. The highest BCUT2D eigenvalue weighted by Crippen LogP contribution is 2.33. The molecule has 2 fully saturated rings. The van der Waals surface area contributed by atoms with Crippen molar-refractivity contribution in [2.45, 2.75) is 68.7 Å². The number of urea groups is 1. The third-order valence-electron chi connectivity index (χ3n) is 10.5. The van der Waals surface area contributed by atoms with Crippen LogP contribution in [0.25, 0.3) is 0 Å². The summed E-state index contributed by atoms with van der Waals surface area (Å²) >= 11 is 1.85. The molecule has 3 atom stereocenters. The van der Waals surface area contributed by atoms with Gasteiger partial charge in [-0.15, -0.1) is 0 Å². The highest BCUT2D eigenvalue weighted by Gasteiger charge is 2.42. The van der Waals surface area contributed by atoms with E-state index in [9.17, 15) is 32.8 Å². The Morgan fingerprint density at radius 3 is 2.04 bits per heavy atom. The van der Waals surface area contributed by atoms with Crippen LogP contribution in [0.15, 0.2) is 61.3 Å². The Labute approximate surface area is 410 Å². The molecular weight excluding hydrogens is 935 g/mol. The van der Waals surface area contributed by atoms with E-state index in [1.807, 2.05) is 11.8 Å². The van der Waals surface area contributed by atoms with Gasteiger partial charge in [-0.2, -0.15) is 16.7 Å². The maximum atomic E-state index is 14.8. The number of halogens is 2. The first-order valence-electron chi connectivity index (χ1n) is 23.4. The van der Waals surface area contributed by atoms with Crippen molar-refractivity contribution >= 4 is 70.3 Å². The normalized spacial score (nSPS) is 15.8. The second kappa shape index (κ2) is 31.2. The Hall–Kier alpha value is -6.14. The van der Waals surface area contributed by atoms with Crippen molar-refractivity contribution in [3.05, 3.63) is 73.0 Å². The fraction of sp³-hybridized carbons (Fsp3) is 0.511. The number of nitrogens with one attached hydrogen (secondary N) is 8. The molecule has 5 rings (SSSR count). The van der Waals surface area contributed by atoms with Gasteiger partial charge in [0.05, 0.1) is 57.9 Å². The van der Waals surface area contributed by atoms with E-state index in [2.05, 4.69) is 59.1 Å². The largest absolute Gasteiger partial charge is 0.488 e. The topological polar surface area (TPSA) is 254 Å². The minimum Gasteiger partial charge on any atom is -0.488 e. The van der Waals surface area contributed by atoms with E-state index in [4.69, 9.17) is 23.7 Å². The van der Waals surface area contributed by atoms with Gasteiger partial charge in [0.15, 0.2) is 23.2 Å². The lowest BCUT2D eigenvalue weighted by Crippen LogP contribution is -2.37. The van der Waals surface area contributed by atoms with Gasteiger partial charge < -0.3 is 66.2 Å². The van der Waals surface area contributed by atoms with Crippen LogP contribution < -0.4 is 47.3 Å². The van der Waals surface area contributed by atoms with Crippen molar-refractivity contribution in [1.82, 2.24) is 36.6 Å². The van der Waals surface area contributed by atoms with Gasteiger partial charge in [-0.25, -0.2) is 18.6 Å². The van der Waals surface area contributed by atoms with Gasteiger partial charge in [0.1, 0.15) is 6.61 Å². The van der Waals surface area contributed by atoms with Crippen molar-refractivity contribution in [2.24, 2.45) is 0 Å². The van der Waals surface area contributed by atoms with Crippen LogP contribution in [0.1, 0.15) is 51.4 Å². The minimum atomic E-state index is -0.730. The molecule has 0 aliphatic carbocycles. The molecule has 2 aromatic carbocycles. The van der Waals surface area contributed by atoms with Crippen molar-refractivity contribution in [1.29, 1.82) is 0 Å². The van der Waals surface area contributed by atoms with Crippen LogP contribution >= 0.6 is 11.8 Å². The van der Waals surface area contributed by atoms with Crippen LogP contribution in [-0.4, -0.2) is 142 Å². The third kappa shape index (κ3) is 20.8. The number of aromatic nitrogens is 2. The molecule has 8 N–H and O–H groups in total. The average Bonchev–Trinajstić information content (AvgIpc) is 3.90.